The third-order valence-corrected chi connectivity index (χ3v) is 3.88. The lowest BCUT2D eigenvalue weighted by atomic mass is 10.1. The van der Waals surface area contributed by atoms with Crippen LogP contribution in [0.4, 0.5) is 4.79 Å². The standard InChI is InChI=1S/C16H27N5O2.HI/c1-2-8-18-16(19-9-5-14-4-3-12-23-14)20-13-6-10-21(11-7-13)15(17)22;/h3-4,12-13H,2,5-11H2,1H3,(H2,17,22)(H2,18,19,20);1H. The summed E-state index contributed by atoms with van der Waals surface area (Å²) in [4.78, 5) is 17.4. The maximum absolute atomic E-state index is 11.2. The largest absolute Gasteiger partial charge is 0.469 e. The lowest BCUT2D eigenvalue weighted by Crippen LogP contribution is -2.51. The van der Waals surface area contributed by atoms with Gasteiger partial charge in [-0.2, -0.15) is 0 Å². The van der Waals surface area contributed by atoms with Gasteiger partial charge >= 0.3 is 6.03 Å². The summed E-state index contributed by atoms with van der Waals surface area (Å²) in [5.41, 5.74) is 5.31. The molecule has 1 aromatic rings. The molecule has 0 radical (unpaired) electrons. The average molecular weight is 449 g/mol. The zero-order chi connectivity index (χ0) is 16.5. The van der Waals surface area contributed by atoms with Crippen molar-refractivity contribution in [2.45, 2.75) is 38.6 Å². The highest BCUT2D eigenvalue weighted by molar-refractivity contribution is 14.0. The number of guanidine groups is 1. The maximum atomic E-state index is 11.2. The molecule has 0 unspecified atom stereocenters. The van der Waals surface area contributed by atoms with Gasteiger partial charge in [0.2, 0.25) is 0 Å². The number of urea groups is 1. The van der Waals surface area contributed by atoms with Gasteiger partial charge in [-0.15, -0.1) is 24.0 Å². The first-order chi connectivity index (χ1) is 11.2. The van der Waals surface area contributed by atoms with Gasteiger partial charge in [-0.1, -0.05) is 6.92 Å². The van der Waals surface area contributed by atoms with Gasteiger partial charge in [-0.3, -0.25) is 4.99 Å². The quantitative estimate of drug-likeness (QED) is 0.351. The average Bonchev–Trinajstić information content (AvgIpc) is 3.06. The van der Waals surface area contributed by atoms with E-state index in [0.29, 0.717) is 19.1 Å². The fourth-order valence-corrected chi connectivity index (χ4v) is 2.57. The van der Waals surface area contributed by atoms with Crippen LogP contribution in [0.1, 0.15) is 31.9 Å². The minimum absolute atomic E-state index is 0. The molecule has 0 spiro atoms. The Morgan fingerprint density at radius 1 is 1.46 bits per heavy atom. The Bertz CT molecular complexity index is 499. The smallest absolute Gasteiger partial charge is 0.314 e. The van der Waals surface area contributed by atoms with Crippen molar-refractivity contribution in [3.63, 3.8) is 0 Å². The van der Waals surface area contributed by atoms with Crippen LogP contribution < -0.4 is 16.4 Å². The minimum atomic E-state index is -0.333. The van der Waals surface area contributed by atoms with Gasteiger partial charge in [0.05, 0.1) is 6.26 Å². The SMILES string of the molecule is CCCN=C(NCCc1ccco1)NC1CCN(C(N)=O)CC1.I. The number of nitrogens with zero attached hydrogens (tertiary/aromatic N) is 2. The first kappa shape index (κ1) is 20.6. The van der Waals surface area contributed by atoms with E-state index in [4.69, 9.17) is 10.2 Å². The van der Waals surface area contributed by atoms with E-state index in [-0.39, 0.29) is 30.0 Å². The summed E-state index contributed by atoms with van der Waals surface area (Å²) >= 11 is 0. The molecule has 0 bridgehead atoms. The number of furan rings is 1. The molecule has 1 fully saturated rings. The van der Waals surface area contributed by atoms with Gasteiger partial charge in [0.25, 0.3) is 0 Å². The Morgan fingerprint density at radius 3 is 2.79 bits per heavy atom. The molecule has 0 atom stereocenters. The summed E-state index contributed by atoms with van der Waals surface area (Å²) in [7, 11) is 0. The second-order valence-electron chi connectivity index (χ2n) is 5.73. The van der Waals surface area contributed by atoms with Gasteiger partial charge < -0.3 is 25.7 Å². The Morgan fingerprint density at radius 2 is 2.21 bits per heavy atom. The predicted molar refractivity (Wildman–Crippen MR) is 106 cm³/mol. The number of halogens is 1. The molecule has 136 valence electrons. The van der Waals surface area contributed by atoms with Gasteiger partial charge in [-0.25, -0.2) is 4.79 Å². The van der Waals surface area contributed by atoms with Crippen LogP contribution in [0.25, 0.3) is 0 Å². The van der Waals surface area contributed by atoms with Gasteiger partial charge in [-0.05, 0) is 31.4 Å². The van der Waals surface area contributed by atoms with E-state index < -0.39 is 0 Å². The minimum Gasteiger partial charge on any atom is -0.469 e. The van der Waals surface area contributed by atoms with Crippen LogP contribution >= 0.6 is 24.0 Å². The Labute approximate surface area is 160 Å². The summed E-state index contributed by atoms with van der Waals surface area (Å²) in [6.07, 6.45) is 5.28. The Kier molecular flexibility index (Phi) is 9.58. The molecule has 4 N–H and O–H groups in total. The summed E-state index contributed by atoms with van der Waals surface area (Å²) in [5, 5.41) is 6.81. The number of primary amides is 1. The van der Waals surface area contributed by atoms with E-state index in [1.165, 1.54) is 0 Å². The van der Waals surface area contributed by atoms with Gasteiger partial charge in [0.15, 0.2) is 5.96 Å². The first-order valence-electron chi connectivity index (χ1n) is 8.30. The highest BCUT2D eigenvalue weighted by Gasteiger charge is 2.21. The predicted octanol–water partition coefficient (Wildman–Crippen LogP) is 1.93. The number of amides is 2. The number of nitrogens with two attached hydrogens (primary N) is 1. The number of hydrogen-bond acceptors (Lipinski definition) is 3. The van der Waals surface area contributed by atoms with E-state index in [1.54, 1.807) is 11.2 Å². The number of carbonyl (C=O) groups is 1. The third kappa shape index (κ3) is 6.98. The molecule has 2 heterocycles. The molecule has 1 saturated heterocycles. The number of carbonyl (C=O) groups excluding carboxylic acids is 1. The summed E-state index contributed by atoms with van der Waals surface area (Å²) < 4.78 is 5.33. The summed E-state index contributed by atoms with van der Waals surface area (Å²) in [6.45, 7) is 5.05. The Hall–Kier alpha value is -1.45. The van der Waals surface area contributed by atoms with E-state index in [2.05, 4.69) is 22.5 Å². The van der Waals surface area contributed by atoms with Crippen LogP contribution in [0.2, 0.25) is 0 Å². The van der Waals surface area contributed by atoms with E-state index in [0.717, 1.165) is 50.5 Å². The van der Waals surface area contributed by atoms with E-state index >= 15 is 0 Å². The van der Waals surface area contributed by atoms with E-state index in [9.17, 15) is 4.79 Å². The number of nitrogens with one attached hydrogen (secondary N) is 2. The van der Waals surface area contributed by atoms with E-state index in [1.807, 2.05) is 12.1 Å². The molecule has 2 rings (SSSR count). The van der Waals surface area contributed by atoms with Crippen molar-refractivity contribution in [3.8, 4) is 0 Å². The van der Waals surface area contributed by atoms with Gasteiger partial charge in [0, 0.05) is 38.6 Å². The fourth-order valence-electron chi connectivity index (χ4n) is 2.57. The molecule has 0 aliphatic carbocycles. The number of rotatable bonds is 6. The molecular weight excluding hydrogens is 421 g/mol. The topological polar surface area (TPSA) is 95.9 Å². The molecule has 7 nitrogen and oxygen atoms in total. The zero-order valence-corrected chi connectivity index (χ0v) is 16.5. The molecule has 2 amide bonds. The molecule has 0 aromatic carbocycles. The number of piperidine rings is 1. The fraction of sp³-hybridized carbons (Fsp3) is 0.625. The van der Waals surface area contributed by atoms with Crippen LogP contribution in [0.3, 0.4) is 0 Å². The van der Waals surface area contributed by atoms with Gasteiger partial charge in [0.1, 0.15) is 5.76 Å². The normalized spacial score (nSPS) is 15.7. The Balaban J connectivity index is 0.00000288. The maximum Gasteiger partial charge on any atom is 0.314 e. The number of hydrogen-bond donors (Lipinski definition) is 3. The monoisotopic (exact) mass is 449 g/mol. The first-order valence-corrected chi connectivity index (χ1v) is 8.30. The number of likely N-dealkylation sites (tertiary alicyclic amines) is 1. The van der Waals surface area contributed by atoms with Crippen molar-refractivity contribution < 1.29 is 9.21 Å². The molecule has 0 saturated carbocycles. The van der Waals surface area contributed by atoms with Crippen LogP contribution in [-0.4, -0.2) is 49.1 Å². The summed E-state index contributed by atoms with van der Waals surface area (Å²) in [5.74, 6) is 1.79. The highest BCUT2D eigenvalue weighted by Crippen LogP contribution is 2.09. The zero-order valence-electron chi connectivity index (χ0n) is 14.2. The lowest BCUT2D eigenvalue weighted by molar-refractivity contribution is 0.188. The van der Waals surface area contributed by atoms with Crippen molar-refractivity contribution in [2.24, 2.45) is 10.7 Å². The van der Waals surface area contributed by atoms with Crippen LogP contribution in [0, 0.1) is 0 Å². The van der Waals surface area contributed by atoms with Crippen LogP contribution in [0.15, 0.2) is 27.8 Å². The van der Waals surface area contributed by atoms with Crippen molar-refractivity contribution in [1.29, 1.82) is 0 Å². The third-order valence-electron chi connectivity index (χ3n) is 3.88. The molecule has 8 heteroatoms. The summed E-state index contributed by atoms with van der Waals surface area (Å²) in [6, 6.07) is 3.85. The van der Waals surface area contributed by atoms with Crippen LogP contribution in [0.5, 0.6) is 0 Å². The van der Waals surface area contributed by atoms with Crippen LogP contribution in [-0.2, 0) is 6.42 Å². The van der Waals surface area contributed by atoms with Crippen molar-refractivity contribution in [2.75, 3.05) is 26.2 Å². The second-order valence-corrected chi connectivity index (χ2v) is 5.73. The van der Waals surface area contributed by atoms with Crippen molar-refractivity contribution >= 4 is 36.0 Å². The lowest BCUT2D eigenvalue weighted by Gasteiger charge is -2.32. The van der Waals surface area contributed by atoms with Crippen molar-refractivity contribution in [3.05, 3.63) is 24.2 Å². The molecule has 24 heavy (non-hydrogen) atoms. The molecule has 1 aromatic heterocycles. The highest BCUT2D eigenvalue weighted by atomic mass is 127. The molecule has 1 aliphatic heterocycles. The second kappa shape index (κ2) is 11.2. The molecule has 1 aliphatic rings. The van der Waals surface area contributed by atoms with Crippen molar-refractivity contribution in [1.82, 2.24) is 15.5 Å². The molecular formula is C16H28IN5O2. The number of aliphatic imine (C=N–C) groups is 1.